The van der Waals surface area contributed by atoms with Gasteiger partial charge in [-0.3, -0.25) is 0 Å². The van der Waals surface area contributed by atoms with Gasteiger partial charge in [-0.25, -0.2) is 0 Å². The molecule has 0 aliphatic carbocycles. The smallest absolute Gasteiger partial charge is 0.274 e. The first-order valence-corrected chi connectivity index (χ1v) is 9.10. The van der Waals surface area contributed by atoms with Crippen LogP contribution in [0.4, 0.5) is 0 Å². The van der Waals surface area contributed by atoms with Crippen LogP contribution in [-0.4, -0.2) is 21.2 Å². The highest BCUT2D eigenvalue weighted by atomic mass is 32.2. The molecule has 0 aliphatic rings. The van der Waals surface area contributed by atoms with E-state index in [0.717, 1.165) is 4.91 Å². The number of hydrogen-bond acceptors (Lipinski definition) is 3. The highest BCUT2D eigenvalue weighted by Crippen LogP contribution is 2.21. The fraction of sp³-hybridized carbons (Fsp3) is 0.778. The molecule has 0 fully saturated rings. The molecule has 0 rings (SSSR count). The quantitative estimate of drug-likeness (QED) is 0.522. The minimum Gasteiger partial charge on any atom is -0.519 e. The number of hydrogen-bond donors (Lipinski definition) is 0. The van der Waals surface area contributed by atoms with Gasteiger partial charge in [0.15, 0.2) is 0 Å². The Bertz CT molecular complexity index is 185. The van der Waals surface area contributed by atoms with Crippen molar-refractivity contribution in [1.29, 1.82) is 0 Å². The summed E-state index contributed by atoms with van der Waals surface area (Å²) in [6.45, 7) is 11.1. The van der Waals surface area contributed by atoms with E-state index in [1.807, 2.05) is 20.1 Å². The van der Waals surface area contributed by atoms with E-state index < -0.39 is 8.32 Å². The first kappa shape index (κ1) is 12.9. The van der Waals surface area contributed by atoms with Crippen LogP contribution in [0.2, 0.25) is 19.6 Å². The summed E-state index contributed by atoms with van der Waals surface area (Å²) < 4.78 is 11.2. The summed E-state index contributed by atoms with van der Waals surface area (Å²) in [5, 5.41) is 0. The topological polar surface area (TPSA) is 18.5 Å². The van der Waals surface area contributed by atoms with Crippen LogP contribution in [0, 0.1) is 0 Å². The normalized spacial score (nSPS) is 13.7. The van der Waals surface area contributed by atoms with Crippen molar-refractivity contribution in [1.82, 2.24) is 0 Å². The average molecular weight is 220 g/mol. The van der Waals surface area contributed by atoms with E-state index in [0.29, 0.717) is 12.6 Å². The number of rotatable bonds is 5. The molecule has 0 heterocycles. The molecular weight excluding hydrogens is 200 g/mol. The second-order valence-electron chi connectivity index (χ2n) is 3.70. The van der Waals surface area contributed by atoms with Crippen molar-refractivity contribution in [2.75, 3.05) is 12.9 Å². The summed E-state index contributed by atoms with van der Waals surface area (Å²) in [6.07, 6.45) is 2.03. The van der Waals surface area contributed by atoms with Crippen LogP contribution >= 0.6 is 11.8 Å². The summed E-state index contributed by atoms with van der Waals surface area (Å²) in [6, 6.07) is 0. The molecule has 0 atom stereocenters. The summed E-state index contributed by atoms with van der Waals surface area (Å²) in [7, 11) is -1.53. The van der Waals surface area contributed by atoms with Crippen LogP contribution < -0.4 is 0 Å². The van der Waals surface area contributed by atoms with E-state index in [1.165, 1.54) is 0 Å². The van der Waals surface area contributed by atoms with E-state index in [-0.39, 0.29) is 0 Å². The summed E-state index contributed by atoms with van der Waals surface area (Å²) in [4.78, 5) is 1.12. The van der Waals surface area contributed by atoms with Crippen molar-refractivity contribution in [3.63, 3.8) is 0 Å². The molecule has 0 N–H and O–H groups in total. The highest BCUT2D eigenvalue weighted by molar-refractivity contribution is 8.02. The molecule has 0 aromatic carbocycles. The van der Waals surface area contributed by atoms with Gasteiger partial charge in [0.1, 0.15) is 0 Å². The lowest BCUT2D eigenvalue weighted by Gasteiger charge is -2.22. The zero-order valence-corrected chi connectivity index (χ0v) is 11.2. The van der Waals surface area contributed by atoms with Crippen LogP contribution in [0.5, 0.6) is 0 Å². The monoisotopic (exact) mass is 220 g/mol. The van der Waals surface area contributed by atoms with Crippen LogP contribution in [0.3, 0.4) is 0 Å². The van der Waals surface area contributed by atoms with Crippen molar-refractivity contribution in [2.45, 2.75) is 33.5 Å². The molecule has 0 aromatic rings. The second kappa shape index (κ2) is 5.60. The molecule has 4 heteroatoms. The summed E-state index contributed by atoms with van der Waals surface area (Å²) >= 11 is 1.67. The first-order valence-electron chi connectivity index (χ1n) is 4.47. The zero-order valence-electron chi connectivity index (χ0n) is 9.43. The molecule has 0 unspecified atom stereocenters. The van der Waals surface area contributed by atoms with Crippen molar-refractivity contribution >= 4 is 20.1 Å². The predicted octanol–water partition coefficient (Wildman–Crippen LogP) is 3.43. The van der Waals surface area contributed by atoms with Crippen molar-refractivity contribution in [3.8, 4) is 0 Å². The Balaban J connectivity index is 4.44. The largest absolute Gasteiger partial charge is 0.519 e. The van der Waals surface area contributed by atoms with Gasteiger partial charge in [0, 0.05) is 0 Å². The Morgan fingerprint density at radius 3 is 2.15 bits per heavy atom. The predicted molar refractivity (Wildman–Crippen MR) is 62.3 cm³/mol. The van der Waals surface area contributed by atoms with E-state index in [9.17, 15) is 0 Å². The Morgan fingerprint density at radius 1 is 1.31 bits per heavy atom. The van der Waals surface area contributed by atoms with Crippen LogP contribution in [0.15, 0.2) is 10.9 Å². The molecule has 0 bridgehead atoms. The number of allylic oxidation sites excluding steroid dienone is 1. The van der Waals surface area contributed by atoms with E-state index in [4.69, 9.17) is 9.16 Å². The number of thioether (sulfide) groups is 1. The lowest BCUT2D eigenvalue weighted by Crippen LogP contribution is -2.26. The van der Waals surface area contributed by atoms with Crippen molar-refractivity contribution in [2.24, 2.45) is 0 Å². The minimum absolute atomic E-state index is 0.664. The van der Waals surface area contributed by atoms with E-state index in [1.54, 1.807) is 11.8 Å². The Labute approximate surface area is 86.8 Å². The van der Waals surface area contributed by atoms with Gasteiger partial charge in [0.2, 0.25) is 8.32 Å². The van der Waals surface area contributed by atoms with Gasteiger partial charge in [0.05, 0.1) is 11.5 Å². The summed E-state index contributed by atoms with van der Waals surface area (Å²) in [5.74, 6) is 0.717. The molecule has 13 heavy (non-hydrogen) atoms. The molecule has 2 nitrogen and oxygen atoms in total. The maximum absolute atomic E-state index is 5.81. The fourth-order valence-electron chi connectivity index (χ4n) is 0.695. The third kappa shape index (κ3) is 6.04. The first-order chi connectivity index (χ1) is 5.90. The second-order valence-corrected chi connectivity index (χ2v) is 9.14. The minimum atomic E-state index is -1.53. The average Bonchev–Trinajstić information content (AvgIpc) is 2.00. The van der Waals surface area contributed by atoms with Gasteiger partial charge in [-0.2, -0.15) is 0 Å². The van der Waals surface area contributed by atoms with E-state index in [2.05, 4.69) is 19.6 Å². The van der Waals surface area contributed by atoms with Gasteiger partial charge < -0.3 is 9.16 Å². The van der Waals surface area contributed by atoms with Gasteiger partial charge in [-0.05, 0) is 39.7 Å². The summed E-state index contributed by atoms with van der Waals surface area (Å²) in [5.41, 5.74) is 0. The van der Waals surface area contributed by atoms with E-state index >= 15 is 0 Å². The maximum atomic E-state index is 5.81. The molecule has 0 amide bonds. The van der Waals surface area contributed by atoms with Gasteiger partial charge >= 0.3 is 0 Å². The third-order valence-corrected chi connectivity index (χ3v) is 2.84. The Hall–Kier alpha value is -0.0931. The van der Waals surface area contributed by atoms with Crippen LogP contribution in [-0.2, 0) is 9.16 Å². The van der Waals surface area contributed by atoms with Crippen LogP contribution in [0.1, 0.15) is 13.8 Å². The Morgan fingerprint density at radius 2 is 1.85 bits per heavy atom. The lowest BCUT2D eigenvalue weighted by molar-refractivity contribution is 0.110. The molecule has 0 radical (unpaired) electrons. The van der Waals surface area contributed by atoms with Gasteiger partial charge in [0.25, 0.3) is 5.95 Å². The van der Waals surface area contributed by atoms with Crippen molar-refractivity contribution < 1.29 is 9.16 Å². The lowest BCUT2D eigenvalue weighted by atomic mass is 10.7. The van der Waals surface area contributed by atoms with Crippen LogP contribution in [0.25, 0.3) is 0 Å². The van der Waals surface area contributed by atoms with Gasteiger partial charge in [-0.1, -0.05) is 0 Å². The maximum Gasteiger partial charge on any atom is 0.274 e. The molecule has 78 valence electrons. The third-order valence-electron chi connectivity index (χ3n) is 1.27. The fourth-order valence-corrected chi connectivity index (χ4v) is 1.80. The SMILES string of the molecule is CCO/C(O[Si](C)(C)C)=C(\C)SC. The highest BCUT2D eigenvalue weighted by Gasteiger charge is 2.19. The molecule has 0 spiro atoms. The standard InChI is InChI=1S/C9H20O2SSi/c1-7-10-9(8(2)12-3)11-13(4,5)6/h7H2,1-6H3/b9-8-. The molecule has 0 saturated carbocycles. The number of ether oxygens (including phenoxy) is 1. The molecule has 0 saturated heterocycles. The molecule has 0 aromatic heterocycles. The Kier molecular flexibility index (Phi) is 5.56. The molecular formula is C9H20O2SSi. The zero-order chi connectivity index (χ0) is 10.5. The van der Waals surface area contributed by atoms with Crippen molar-refractivity contribution in [3.05, 3.63) is 10.9 Å². The van der Waals surface area contributed by atoms with Gasteiger partial charge in [-0.15, -0.1) is 11.8 Å². The molecule has 0 aliphatic heterocycles.